The molecule has 0 rings (SSSR count). The van der Waals surface area contributed by atoms with Gasteiger partial charge in [-0.3, -0.25) is 0 Å². The molecule has 1 unspecified atom stereocenters. The van der Waals surface area contributed by atoms with Gasteiger partial charge in [0.1, 0.15) is 0 Å². The molecule has 36 heavy (non-hydrogen) atoms. The Morgan fingerprint density at radius 3 is 0.778 bits per heavy atom. The van der Waals surface area contributed by atoms with Crippen molar-refractivity contribution in [2.24, 2.45) is 5.92 Å². The molecular formula is C36H73. The standard InChI is InChI=1S/C36H73/c1-4-7-10-12-14-16-18-19-20-21-22-23-25-27-29-32-35-36(33-30-9-6-3)34-31-28-26-24-17-15-13-11-8-5-2/h36H,3-35H2,1-2H3. The van der Waals surface area contributed by atoms with Gasteiger partial charge in [-0.25, -0.2) is 0 Å². The Kier molecular flexibility index (Phi) is 33.0. The van der Waals surface area contributed by atoms with Crippen molar-refractivity contribution < 1.29 is 0 Å². The maximum atomic E-state index is 4.06. The fourth-order valence-corrected chi connectivity index (χ4v) is 5.94. The molecule has 0 N–H and O–H groups in total. The minimum Gasteiger partial charge on any atom is -0.0654 e. The van der Waals surface area contributed by atoms with Crippen LogP contribution in [0.25, 0.3) is 0 Å². The van der Waals surface area contributed by atoms with E-state index >= 15 is 0 Å². The lowest BCUT2D eigenvalue weighted by Gasteiger charge is -2.17. The number of rotatable bonds is 32. The highest BCUT2D eigenvalue weighted by molar-refractivity contribution is 4.62. The minimum atomic E-state index is 1.01. The van der Waals surface area contributed by atoms with Crippen molar-refractivity contribution in [1.29, 1.82) is 0 Å². The summed E-state index contributed by atoms with van der Waals surface area (Å²) in [4.78, 5) is 0. The van der Waals surface area contributed by atoms with Crippen LogP contribution in [0.2, 0.25) is 0 Å². The summed E-state index contributed by atoms with van der Waals surface area (Å²) < 4.78 is 0. The predicted molar refractivity (Wildman–Crippen MR) is 168 cm³/mol. The quantitative estimate of drug-likeness (QED) is 0.0797. The summed E-state index contributed by atoms with van der Waals surface area (Å²) in [7, 11) is 0. The van der Waals surface area contributed by atoms with Gasteiger partial charge in [-0.05, 0) is 5.92 Å². The molecule has 0 aromatic carbocycles. The molecule has 0 heterocycles. The summed E-state index contributed by atoms with van der Waals surface area (Å²) >= 11 is 0. The fraction of sp³-hybridized carbons (Fsp3) is 0.972. The van der Waals surface area contributed by atoms with Gasteiger partial charge in [-0.1, -0.05) is 226 Å². The molecule has 0 bridgehead atoms. The molecule has 0 amide bonds. The average Bonchev–Trinajstić information content (AvgIpc) is 2.89. The zero-order valence-corrected chi connectivity index (χ0v) is 25.9. The van der Waals surface area contributed by atoms with E-state index in [2.05, 4.69) is 20.8 Å². The van der Waals surface area contributed by atoms with Crippen molar-refractivity contribution in [2.75, 3.05) is 0 Å². The third-order valence-corrected chi connectivity index (χ3v) is 8.54. The van der Waals surface area contributed by atoms with Gasteiger partial charge in [0.05, 0.1) is 0 Å². The molecule has 0 aliphatic heterocycles. The van der Waals surface area contributed by atoms with E-state index in [0.717, 1.165) is 12.3 Å². The van der Waals surface area contributed by atoms with Gasteiger partial charge in [0.15, 0.2) is 0 Å². The normalized spacial score (nSPS) is 12.4. The first-order valence-electron chi connectivity index (χ1n) is 17.6. The summed E-state index contributed by atoms with van der Waals surface area (Å²) in [5.41, 5.74) is 0. The lowest BCUT2D eigenvalue weighted by molar-refractivity contribution is 0.368. The van der Waals surface area contributed by atoms with Crippen molar-refractivity contribution in [1.82, 2.24) is 0 Å². The Morgan fingerprint density at radius 2 is 0.528 bits per heavy atom. The third-order valence-electron chi connectivity index (χ3n) is 8.54. The molecule has 0 saturated carbocycles. The van der Waals surface area contributed by atoms with Crippen LogP contribution in [0.4, 0.5) is 0 Å². The van der Waals surface area contributed by atoms with Crippen LogP contribution >= 0.6 is 0 Å². The Hall–Kier alpha value is 0. The van der Waals surface area contributed by atoms with Crippen LogP contribution in [0.15, 0.2) is 0 Å². The highest BCUT2D eigenvalue weighted by atomic mass is 14.1. The Bertz CT molecular complexity index is 359. The van der Waals surface area contributed by atoms with Crippen molar-refractivity contribution in [3.63, 3.8) is 0 Å². The zero-order valence-electron chi connectivity index (χ0n) is 25.9. The first-order valence-corrected chi connectivity index (χ1v) is 17.6. The summed E-state index contributed by atoms with van der Waals surface area (Å²) in [5, 5.41) is 0. The van der Waals surface area contributed by atoms with Crippen LogP contribution in [0.3, 0.4) is 0 Å². The summed E-state index contributed by atoms with van der Waals surface area (Å²) in [6, 6.07) is 0. The molecule has 0 heteroatoms. The Balaban J connectivity index is 3.53. The van der Waals surface area contributed by atoms with Gasteiger partial charge >= 0.3 is 0 Å². The summed E-state index contributed by atoms with van der Waals surface area (Å²) in [6.45, 7) is 8.68. The number of unbranched alkanes of at least 4 members (excludes halogenated alkanes) is 26. The first-order chi connectivity index (χ1) is 17.8. The molecule has 0 spiro atoms. The second-order valence-corrected chi connectivity index (χ2v) is 12.3. The highest BCUT2D eigenvalue weighted by Gasteiger charge is 2.08. The van der Waals surface area contributed by atoms with Crippen molar-refractivity contribution in [2.45, 2.75) is 219 Å². The van der Waals surface area contributed by atoms with E-state index in [-0.39, 0.29) is 0 Å². The van der Waals surface area contributed by atoms with E-state index in [1.807, 2.05) is 0 Å². The molecule has 0 nitrogen and oxygen atoms in total. The molecule has 1 radical (unpaired) electrons. The van der Waals surface area contributed by atoms with E-state index in [4.69, 9.17) is 0 Å². The van der Waals surface area contributed by atoms with Crippen molar-refractivity contribution >= 4 is 0 Å². The molecule has 0 saturated heterocycles. The van der Waals surface area contributed by atoms with E-state index in [9.17, 15) is 0 Å². The predicted octanol–water partition coefficient (Wildman–Crippen LogP) is 14.0. The van der Waals surface area contributed by atoms with Crippen LogP contribution in [-0.4, -0.2) is 0 Å². The van der Waals surface area contributed by atoms with Crippen LogP contribution in [0.5, 0.6) is 0 Å². The topological polar surface area (TPSA) is 0 Å². The van der Waals surface area contributed by atoms with Gasteiger partial charge in [0.2, 0.25) is 0 Å². The van der Waals surface area contributed by atoms with Crippen molar-refractivity contribution in [3.8, 4) is 0 Å². The molecule has 0 aliphatic rings. The summed E-state index contributed by atoms with van der Waals surface area (Å²) in [6.07, 6.45) is 46.6. The molecule has 0 aromatic rings. The maximum absolute atomic E-state index is 4.06. The second kappa shape index (κ2) is 33.0. The fourth-order valence-electron chi connectivity index (χ4n) is 5.94. The Labute approximate surface area is 232 Å². The SMILES string of the molecule is [CH2]CCCCC(CCCCCCCCCCCC)CCCCCCCCCCCCCCCCCC. The van der Waals surface area contributed by atoms with Gasteiger partial charge in [-0.15, -0.1) is 0 Å². The van der Waals surface area contributed by atoms with Crippen LogP contribution in [-0.2, 0) is 0 Å². The number of hydrogen-bond donors (Lipinski definition) is 0. The largest absolute Gasteiger partial charge is 0.0654 e. The zero-order chi connectivity index (χ0) is 26.2. The van der Waals surface area contributed by atoms with Crippen LogP contribution < -0.4 is 0 Å². The van der Waals surface area contributed by atoms with Crippen LogP contribution in [0, 0.1) is 12.8 Å². The molecule has 0 aromatic heterocycles. The smallest absolute Gasteiger partial charge is 0.0414 e. The molecule has 0 aliphatic carbocycles. The van der Waals surface area contributed by atoms with Gasteiger partial charge < -0.3 is 0 Å². The Morgan fingerprint density at radius 1 is 0.306 bits per heavy atom. The van der Waals surface area contributed by atoms with E-state index in [1.165, 1.54) is 199 Å². The van der Waals surface area contributed by atoms with Gasteiger partial charge in [0.25, 0.3) is 0 Å². The minimum absolute atomic E-state index is 1.01. The first kappa shape index (κ1) is 36.0. The molecule has 1 atom stereocenters. The third kappa shape index (κ3) is 30.2. The lowest BCUT2D eigenvalue weighted by Crippen LogP contribution is -2.01. The van der Waals surface area contributed by atoms with Gasteiger partial charge in [-0.2, -0.15) is 0 Å². The average molecular weight is 506 g/mol. The number of hydrogen-bond acceptors (Lipinski definition) is 0. The maximum Gasteiger partial charge on any atom is -0.0414 e. The van der Waals surface area contributed by atoms with E-state index in [0.29, 0.717) is 0 Å². The van der Waals surface area contributed by atoms with Crippen molar-refractivity contribution in [3.05, 3.63) is 6.92 Å². The molecule has 0 fully saturated rings. The highest BCUT2D eigenvalue weighted by Crippen LogP contribution is 2.24. The van der Waals surface area contributed by atoms with Crippen LogP contribution in [0.1, 0.15) is 219 Å². The summed E-state index contributed by atoms with van der Waals surface area (Å²) in [5.74, 6) is 1.01. The lowest BCUT2D eigenvalue weighted by atomic mass is 9.89. The monoisotopic (exact) mass is 506 g/mol. The molecular weight excluding hydrogens is 432 g/mol. The second-order valence-electron chi connectivity index (χ2n) is 12.3. The molecule has 217 valence electrons. The van der Waals surface area contributed by atoms with E-state index in [1.54, 1.807) is 0 Å². The van der Waals surface area contributed by atoms with E-state index < -0.39 is 0 Å². The van der Waals surface area contributed by atoms with Gasteiger partial charge in [0, 0.05) is 0 Å².